The molecule has 2 rings (SSSR count). The van der Waals surface area contributed by atoms with Crippen molar-refractivity contribution in [2.45, 2.75) is 33.0 Å². The summed E-state index contributed by atoms with van der Waals surface area (Å²) in [4.78, 5) is 0. The molecule has 1 aliphatic rings. The predicted octanol–water partition coefficient (Wildman–Crippen LogP) is 2.76. The highest BCUT2D eigenvalue weighted by Gasteiger charge is 2.31. The molecule has 0 aliphatic carbocycles. The quantitative estimate of drug-likeness (QED) is 0.784. The summed E-state index contributed by atoms with van der Waals surface area (Å²) in [6.45, 7) is 8.55. The average molecular weight is 219 g/mol. The smallest absolute Gasteiger partial charge is 0.0953 e. The Labute approximate surface area is 98.0 Å². The Morgan fingerprint density at radius 3 is 2.44 bits per heavy atom. The van der Waals surface area contributed by atoms with E-state index in [0.29, 0.717) is 0 Å². The third-order valence-corrected chi connectivity index (χ3v) is 3.13. The van der Waals surface area contributed by atoms with Gasteiger partial charge in [0.2, 0.25) is 0 Å². The summed E-state index contributed by atoms with van der Waals surface area (Å²) in [7, 11) is 0. The topological polar surface area (TPSA) is 21.3 Å². The molecule has 88 valence electrons. The molecule has 1 aliphatic heterocycles. The van der Waals surface area contributed by atoms with Crippen molar-refractivity contribution in [3.8, 4) is 0 Å². The van der Waals surface area contributed by atoms with Gasteiger partial charge in [-0.25, -0.2) is 0 Å². The minimum atomic E-state index is 0.194. The van der Waals surface area contributed by atoms with E-state index in [1.807, 2.05) is 6.07 Å². The minimum absolute atomic E-state index is 0.194. The third kappa shape index (κ3) is 2.63. The zero-order chi connectivity index (χ0) is 11.6. The van der Waals surface area contributed by atoms with E-state index in [1.165, 1.54) is 5.56 Å². The fraction of sp³-hybridized carbons (Fsp3) is 0.571. The molecule has 2 heteroatoms. The monoisotopic (exact) mass is 219 g/mol. The maximum absolute atomic E-state index is 6.17. The van der Waals surface area contributed by atoms with E-state index in [2.05, 4.69) is 50.4 Å². The van der Waals surface area contributed by atoms with Gasteiger partial charge in [-0.05, 0) is 11.0 Å². The van der Waals surface area contributed by atoms with Gasteiger partial charge in [0.05, 0.1) is 12.2 Å². The highest BCUT2D eigenvalue weighted by molar-refractivity contribution is 5.18. The molecule has 1 saturated heterocycles. The predicted molar refractivity (Wildman–Crippen MR) is 66.4 cm³/mol. The molecule has 0 amide bonds. The van der Waals surface area contributed by atoms with Crippen LogP contribution in [-0.2, 0) is 4.74 Å². The van der Waals surface area contributed by atoms with E-state index < -0.39 is 0 Å². The zero-order valence-electron chi connectivity index (χ0n) is 10.4. The normalized spacial score (nSPS) is 26.7. The van der Waals surface area contributed by atoms with Gasteiger partial charge in [-0.15, -0.1) is 0 Å². The van der Waals surface area contributed by atoms with Gasteiger partial charge in [0.1, 0.15) is 0 Å². The first-order chi connectivity index (χ1) is 7.57. The van der Waals surface area contributed by atoms with Crippen LogP contribution in [0.5, 0.6) is 0 Å². The lowest BCUT2D eigenvalue weighted by molar-refractivity contribution is -0.0886. The second-order valence-electron chi connectivity index (χ2n) is 5.55. The van der Waals surface area contributed by atoms with Gasteiger partial charge in [0.15, 0.2) is 0 Å². The number of nitrogens with one attached hydrogen (secondary N) is 1. The van der Waals surface area contributed by atoms with Crippen molar-refractivity contribution in [3.05, 3.63) is 35.9 Å². The van der Waals surface area contributed by atoms with Crippen molar-refractivity contribution in [3.63, 3.8) is 0 Å². The summed E-state index contributed by atoms with van der Waals surface area (Å²) in [5.41, 5.74) is 1.46. The Balaban J connectivity index is 2.08. The Morgan fingerprint density at radius 2 is 1.81 bits per heavy atom. The van der Waals surface area contributed by atoms with Crippen LogP contribution in [0, 0.1) is 5.41 Å². The number of benzene rings is 1. The molecule has 1 N–H and O–H groups in total. The van der Waals surface area contributed by atoms with Crippen LogP contribution < -0.4 is 5.32 Å². The number of hydrogen-bond donors (Lipinski definition) is 1. The zero-order valence-corrected chi connectivity index (χ0v) is 10.4. The standard InChI is InChI=1S/C14H21NO/c1-14(2,3)13-10-15-9-12(16-13)11-7-5-4-6-8-11/h4-8,12-13,15H,9-10H2,1-3H3. The Hall–Kier alpha value is -0.860. The van der Waals surface area contributed by atoms with Gasteiger partial charge in [-0.1, -0.05) is 51.1 Å². The number of hydrogen-bond acceptors (Lipinski definition) is 2. The van der Waals surface area contributed by atoms with E-state index in [0.717, 1.165) is 13.1 Å². The summed E-state index contributed by atoms with van der Waals surface area (Å²) in [6, 6.07) is 10.5. The van der Waals surface area contributed by atoms with Gasteiger partial charge in [-0.3, -0.25) is 0 Å². The van der Waals surface area contributed by atoms with Crippen LogP contribution in [-0.4, -0.2) is 19.2 Å². The van der Waals surface area contributed by atoms with Gasteiger partial charge >= 0.3 is 0 Å². The van der Waals surface area contributed by atoms with Crippen molar-refractivity contribution < 1.29 is 4.74 Å². The first-order valence-electron chi connectivity index (χ1n) is 5.98. The van der Waals surface area contributed by atoms with Crippen molar-refractivity contribution >= 4 is 0 Å². The first kappa shape index (κ1) is 11.6. The molecular formula is C14H21NO. The molecule has 0 bridgehead atoms. The molecule has 16 heavy (non-hydrogen) atoms. The van der Waals surface area contributed by atoms with Crippen molar-refractivity contribution in [2.24, 2.45) is 5.41 Å². The van der Waals surface area contributed by atoms with Crippen LogP contribution >= 0.6 is 0 Å². The van der Waals surface area contributed by atoms with E-state index in [4.69, 9.17) is 4.74 Å². The van der Waals surface area contributed by atoms with Crippen LogP contribution in [0.4, 0.5) is 0 Å². The SMILES string of the molecule is CC(C)(C)C1CNCC(c2ccccc2)O1. The molecule has 0 aromatic heterocycles. The second-order valence-corrected chi connectivity index (χ2v) is 5.55. The fourth-order valence-corrected chi connectivity index (χ4v) is 2.01. The summed E-state index contributed by atoms with van der Waals surface area (Å²) >= 11 is 0. The lowest BCUT2D eigenvalue weighted by Crippen LogP contribution is -2.46. The number of ether oxygens (including phenoxy) is 1. The molecule has 1 fully saturated rings. The molecule has 2 atom stereocenters. The largest absolute Gasteiger partial charge is 0.367 e. The average Bonchev–Trinajstić information content (AvgIpc) is 2.29. The molecule has 2 nitrogen and oxygen atoms in total. The molecule has 1 heterocycles. The van der Waals surface area contributed by atoms with Crippen LogP contribution in [0.3, 0.4) is 0 Å². The van der Waals surface area contributed by atoms with Crippen molar-refractivity contribution in [1.29, 1.82) is 0 Å². The van der Waals surface area contributed by atoms with Crippen molar-refractivity contribution in [2.75, 3.05) is 13.1 Å². The third-order valence-electron chi connectivity index (χ3n) is 3.13. The Bertz CT molecular complexity index is 328. The van der Waals surface area contributed by atoms with Crippen LogP contribution in [0.1, 0.15) is 32.4 Å². The summed E-state index contributed by atoms with van der Waals surface area (Å²) in [6.07, 6.45) is 0.477. The minimum Gasteiger partial charge on any atom is -0.367 e. The van der Waals surface area contributed by atoms with Gasteiger partial charge in [-0.2, -0.15) is 0 Å². The molecular weight excluding hydrogens is 198 g/mol. The van der Waals surface area contributed by atoms with E-state index in [1.54, 1.807) is 0 Å². The highest BCUT2D eigenvalue weighted by atomic mass is 16.5. The Morgan fingerprint density at radius 1 is 1.12 bits per heavy atom. The number of morpholine rings is 1. The lowest BCUT2D eigenvalue weighted by atomic mass is 9.87. The van der Waals surface area contributed by atoms with Crippen LogP contribution in [0.15, 0.2) is 30.3 Å². The maximum atomic E-state index is 6.17. The van der Waals surface area contributed by atoms with Crippen molar-refractivity contribution in [1.82, 2.24) is 5.32 Å². The summed E-state index contributed by atoms with van der Waals surface area (Å²) in [5.74, 6) is 0. The molecule has 0 saturated carbocycles. The van der Waals surface area contributed by atoms with Gasteiger partial charge < -0.3 is 10.1 Å². The summed E-state index contributed by atoms with van der Waals surface area (Å²) in [5, 5.41) is 3.46. The maximum Gasteiger partial charge on any atom is 0.0953 e. The molecule has 2 unspecified atom stereocenters. The highest BCUT2D eigenvalue weighted by Crippen LogP contribution is 2.30. The van der Waals surface area contributed by atoms with E-state index >= 15 is 0 Å². The molecule has 1 aromatic rings. The fourth-order valence-electron chi connectivity index (χ4n) is 2.01. The molecule has 0 radical (unpaired) electrons. The van der Waals surface area contributed by atoms with Crippen LogP contribution in [0.2, 0.25) is 0 Å². The van der Waals surface area contributed by atoms with E-state index in [-0.39, 0.29) is 17.6 Å². The first-order valence-corrected chi connectivity index (χ1v) is 5.98. The molecule has 0 spiro atoms. The summed E-state index contributed by atoms with van der Waals surface area (Å²) < 4.78 is 6.17. The molecule has 1 aromatic carbocycles. The number of rotatable bonds is 1. The van der Waals surface area contributed by atoms with Gasteiger partial charge in [0.25, 0.3) is 0 Å². The van der Waals surface area contributed by atoms with Gasteiger partial charge in [0, 0.05) is 13.1 Å². The van der Waals surface area contributed by atoms with Crippen LogP contribution in [0.25, 0.3) is 0 Å². The Kier molecular flexibility index (Phi) is 3.31. The second kappa shape index (κ2) is 4.56. The van der Waals surface area contributed by atoms with E-state index in [9.17, 15) is 0 Å². The lowest BCUT2D eigenvalue weighted by Gasteiger charge is -2.38.